The van der Waals surface area contributed by atoms with Crippen molar-refractivity contribution in [1.82, 2.24) is 4.90 Å². The van der Waals surface area contributed by atoms with Gasteiger partial charge in [0.1, 0.15) is 0 Å². The van der Waals surface area contributed by atoms with Gasteiger partial charge < -0.3 is 10.0 Å². The molecule has 4 nitrogen and oxygen atoms in total. The Morgan fingerprint density at radius 3 is 2.67 bits per heavy atom. The number of nitrogens with zero attached hydrogens (tertiary/aromatic N) is 1. The van der Waals surface area contributed by atoms with E-state index >= 15 is 0 Å². The molecule has 1 unspecified atom stereocenters. The number of halogens is 1. The summed E-state index contributed by atoms with van der Waals surface area (Å²) in [7, 11) is 0. The minimum absolute atomic E-state index is 0.00659. The molecule has 1 aliphatic heterocycles. The minimum Gasteiger partial charge on any atom is -0.481 e. The van der Waals surface area contributed by atoms with E-state index in [2.05, 4.69) is 0 Å². The van der Waals surface area contributed by atoms with Crippen LogP contribution in [-0.2, 0) is 9.59 Å². The molecule has 0 spiro atoms. The van der Waals surface area contributed by atoms with Crippen molar-refractivity contribution in [3.05, 3.63) is 27.4 Å². The quantitative estimate of drug-likeness (QED) is 0.862. The maximum absolute atomic E-state index is 12.2. The molecule has 1 aliphatic rings. The molecule has 1 fully saturated rings. The summed E-state index contributed by atoms with van der Waals surface area (Å²) in [5.74, 6) is -0.974. The molecule has 0 bridgehead atoms. The molecule has 1 amide bonds. The summed E-state index contributed by atoms with van der Waals surface area (Å²) in [6.07, 6.45) is 3.71. The van der Waals surface area contributed by atoms with Gasteiger partial charge >= 0.3 is 5.97 Å². The highest BCUT2D eigenvalue weighted by Gasteiger charge is 2.48. The summed E-state index contributed by atoms with van der Waals surface area (Å²) >= 11 is 7.23. The first kappa shape index (κ1) is 16.0. The second kappa shape index (κ2) is 6.20. The minimum atomic E-state index is -0.824. The molecule has 0 saturated carbocycles. The molecule has 2 rings (SSSR count). The van der Waals surface area contributed by atoms with Gasteiger partial charge in [-0.1, -0.05) is 25.4 Å². The molecule has 21 heavy (non-hydrogen) atoms. The normalized spacial score (nSPS) is 22.4. The van der Waals surface area contributed by atoms with Crippen LogP contribution in [-0.4, -0.2) is 35.0 Å². The lowest BCUT2D eigenvalue weighted by Crippen LogP contribution is -2.40. The molecule has 1 N–H and O–H groups in total. The lowest BCUT2D eigenvalue weighted by molar-refractivity contribution is -0.151. The van der Waals surface area contributed by atoms with Gasteiger partial charge in [0.15, 0.2) is 0 Å². The second-order valence-corrected chi connectivity index (χ2v) is 7.35. The van der Waals surface area contributed by atoms with Gasteiger partial charge in [0.05, 0.1) is 9.75 Å². The number of likely N-dealkylation sites (tertiary alicyclic amines) is 1. The second-order valence-electron chi connectivity index (χ2n) is 5.60. The number of carbonyl (C=O) groups excluding carboxylic acids is 1. The fourth-order valence-electron chi connectivity index (χ4n) is 2.59. The van der Waals surface area contributed by atoms with Crippen LogP contribution in [0, 0.1) is 11.3 Å². The SMILES string of the molecule is CC(C)C1(C(=O)O)CCN(C(=O)/C=C/c2ccc(Cl)s2)C1. The van der Waals surface area contributed by atoms with Gasteiger partial charge in [-0.2, -0.15) is 0 Å². The highest BCUT2D eigenvalue weighted by atomic mass is 35.5. The Kier molecular flexibility index (Phi) is 4.74. The van der Waals surface area contributed by atoms with Gasteiger partial charge in [-0.3, -0.25) is 9.59 Å². The summed E-state index contributed by atoms with van der Waals surface area (Å²) in [4.78, 5) is 26.2. The Balaban J connectivity index is 2.05. The van der Waals surface area contributed by atoms with Crippen LogP contribution in [0.1, 0.15) is 25.1 Å². The smallest absolute Gasteiger partial charge is 0.311 e. The maximum atomic E-state index is 12.2. The van der Waals surface area contributed by atoms with Crippen LogP contribution in [0.3, 0.4) is 0 Å². The number of carboxylic acid groups (broad SMARTS) is 1. The Morgan fingerprint density at radius 1 is 1.48 bits per heavy atom. The van der Waals surface area contributed by atoms with Crippen LogP contribution in [0.5, 0.6) is 0 Å². The van der Waals surface area contributed by atoms with Crippen molar-refractivity contribution in [2.45, 2.75) is 20.3 Å². The predicted octanol–water partition coefficient (Wildman–Crippen LogP) is 3.37. The number of thiophene rings is 1. The predicted molar refractivity (Wildman–Crippen MR) is 84.5 cm³/mol. The molecule has 0 aromatic carbocycles. The van der Waals surface area contributed by atoms with E-state index in [1.165, 1.54) is 17.4 Å². The molecular formula is C15H18ClNO3S. The van der Waals surface area contributed by atoms with Crippen LogP contribution in [0.25, 0.3) is 6.08 Å². The van der Waals surface area contributed by atoms with Crippen molar-refractivity contribution < 1.29 is 14.7 Å². The first-order valence-electron chi connectivity index (χ1n) is 6.81. The number of carbonyl (C=O) groups is 2. The van der Waals surface area contributed by atoms with Crippen LogP contribution in [0.4, 0.5) is 0 Å². The first-order chi connectivity index (χ1) is 9.85. The topological polar surface area (TPSA) is 57.6 Å². The molecule has 0 aliphatic carbocycles. The first-order valence-corrected chi connectivity index (χ1v) is 8.00. The van der Waals surface area contributed by atoms with E-state index in [4.69, 9.17) is 11.6 Å². The molecular weight excluding hydrogens is 310 g/mol. The standard InChI is InChI=1S/C15H18ClNO3S/c1-10(2)15(14(19)20)7-8-17(9-15)13(18)6-4-11-3-5-12(16)21-11/h3-6,10H,7-9H2,1-2H3,(H,19,20)/b6-4+. The number of rotatable bonds is 4. The van der Waals surface area contributed by atoms with E-state index in [1.54, 1.807) is 17.0 Å². The molecule has 114 valence electrons. The molecule has 1 saturated heterocycles. The average Bonchev–Trinajstić information content (AvgIpc) is 3.03. The zero-order valence-electron chi connectivity index (χ0n) is 12.0. The average molecular weight is 328 g/mol. The van der Waals surface area contributed by atoms with E-state index in [1.807, 2.05) is 19.9 Å². The van der Waals surface area contributed by atoms with E-state index in [9.17, 15) is 14.7 Å². The number of hydrogen-bond acceptors (Lipinski definition) is 3. The summed E-state index contributed by atoms with van der Waals surface area (Å²) in [5.41, 5.74) is -0.824. The van der Waals surface area contributed by atoms with Crippen molar-refractivity contribution in [2.24, 2.45) is 11.3 Å². The third-order valence-corrected chi connectivity index (χ3v) is 5.32. The third kappa shape index (κ3) is 3.30. The lowest BCUT2D eigenvalue weighted by Gasteiger charge is -2.28. The van der Waals surface area contributed by atoms with Gasteiger partial charge in [-0.25, -0.2) is 0 Å². The van der Waals surface area contributed by atoms with Crippen LogP contribution >= 0.6 is 22.9 Å². The largest absolute Gasteiger partial charge is 0.481 e. The van der Waals surface area contributed by atoms with Crippen molar-refractivity contribution in [2.75, 3.05) is 13.1 Å². The van der Waals surface area contributed by atoms with Crippen molar-refractivity contribution in [3.63, 3.8) is 0 Å². The van der Waals surface area contributed by atoms with E-state index in [-0.39, 0.29) is 18.4 Å². The van der Waals surface area contributed by atoms with Gasteiger partial charge in [-0.05, 0) is 30.5 Å². The van der Waals surface area contributed by atoms with E-state index in [0.29, 0.717) is 17.3 Å². The monoisotopic (exact) mass is 327 g/mol. The highest BCUT2D eigenvalue weighted by Crippen LogP contribution is 2.38. The fraction of sp³-hybridized carbons (Fsp3) is 0.467. The van der Waals surface area contributed by atoms with Crippen molar-refractivity contribution in [1.29, 1.82) is 0 Å². The zero-order chi connectivity index (χ0) is 15.6. The Bertz CT molecular complexity index is 581. The van der Waals surface area contributed by atoms with Gasteiger partial charge in [0, 0.05) is 24.0 Å². The van der Waals surface area contributed by atoms with E-state index < -0.39 is 11.4 Å². The fourth-order valence-corrected chi connectivity index (χ4v) is 3.55. The van der Waals surface area contributed by atoms with Crippen LogP contribution in [0.15, 0.2) is 18.2 Å². The van der Waals surface area contributed by atoms with Crippen molar-refractivity contribution >= 4 is 40.9 Å². The third-order valence-electron chi connectivity index (χ3n) is 4.13. The molecule has 2 heterocycles. The highest BCUT2D eigenvalue weighted by molar-refractivity contribution is 7.17. The van der Waals surface area contributed by atoms with Crippen LogP contribution < -0.4 is 0 Å². The van der Waals surface area contributed by atoms with Gasteiger partial charge in [-0.15, -0.1) is 11.3 Å². The van der Waals surface area contributed by atoms with Crippen molar-refractivity contribution in [3.8, 4) is 0 Å². The molecule has 1 aromatic heterocycles. The Hall–Kier alpha value is -1.33. The summed E-state index contributed by atoms with van der Waals surface area (Å²) in [6.45, 7) is 4.55. The number of aliphatic carboxylic acids is 1. The summed E-state index contributed by atoms with van der Waals surface area (Å²) < 4.78 is 0.674. The molecule has 0 radical (unpaired) electrons. The number of amides is 1. The molecule has 1 atom stereocenters. The molecule has 6 heteroatoms. The lowest BCUT2D eigenvalue weighted by atomic mass is 9.76. The van der Waals surface area contributed by atoms with Gasteiger partial charge in [0.25, 0.3) is 0 Å². The number of carboxylic acids is 1. The summed E-state index contributed by atoms with van der Waals surface area (Å²) in [6, 6.07) is 3.62. The van der Waals surface area contributed by atoms with Crippen LogP contribution in [0.2, 0.25) is 4.34 Å². The van der Waals surface area contributed by atoms with Gasteiger partial charge in [0.2, 0.25) is 5.91 Å². The maximum Gasteiger partial charge on any atom is 0.311 e. The number of hydrogen-bond donors (Lipinski definition) is 1. The van der Waals surface area contributed by atoms with E-state index in [0.717, 1.165) is 4.88 Å². The Morgan fingerprint density at radius 2 is 2.19 bits per heavy atom. The Labute approximate surface area is 133 Å². The zero-order valence-corrected chi connectivity index (χ0v) is 13.6. The molecule has 1 aromatic rings. The summed E-state index contributed by atoms with van der Waals surface area (Å²) in [5, 5.41) is 9.48.